The first-order valence-electron chi connectivity index (χ1n) is 16.7. The van der Waals surface area contributed by atoms with Gasteiger partial charge in [-0.1, -0.05) is 66.2 Å². The number of aliphatic hydroxyl groups excluding tert-OH is 1. The van der Waals surface area contributed by atoms with E-state index in [1.54, 1.807) is 41.3 Å². The molecule has 3 aliphatic heterocycles. The number of nitrogens with one attached hydrogen (secondary N) is 1. The fraction of sp³-hybridized carbons (Fsp3) is 0.459. The van der Waals surface area contributed by atoms with Crippen molar-refractivity contribution in [1.29, 1.82) is 0 Å². The normalized spacial score (nSPS) is 24.5. The lowest BCUT2D eigenvalue weighted by molar-refractivity contribution is -0.160. The first kappa shape index (κ1) is 35.3. The lowest BCUT2D eigenvalue weighted by Gasteiger charge is -2.37. The van der Waals surface area contributed by atoms with Crippen LogP contribution in [0.25, 0.3) is 0 Å². The van der Waals surface area contributed by atoms with Crippen LogP contribution >= 0.6 is 11.6 Å². The quantitative estimate of drug-likeness (QED) is 0.141. The summed E-state index contributed by atoms with van der Waals surface area (Å²) in [6.45, 7) is 8.00. The van der Waals surface area contributed by atoms with Gasteiger partial charge in [0.05, 0.1) is 35.2 Å². The van der Waals surface area contributed by atoms with Crippen LogP contribution in [-0.2, 0) is 28.7 Å². The van der Waals surface area contributed by atoms with Gasteiger partial charge in [-0.15, -0.1) is 13.2 Å². The van der Waals surface area contributed by atoms with Gasteiger partial charge in [0.2, 0.25) is 11.8 Å². The maximum absolute atomic E-state index is 14.7. The molecule has 2 aromatic rings. The van der Waals surface area contributed by atoms with Crippen molar-refractivity contribution in [1.82, 2.24) is 10.2 Å². The van der Waals surface area contributed by atoms with Gasteiger partial charge in [-0.3, -0.25) is 19.2 Å². The number of ether oxygens (including phenoxy) is 2. The largest absolute Gasteiger partial charge is 0.455 e. The number of esters is 1. The summed E-state index contributed by atoms with van der Waals surface area (Å²) in [5, 5.41) is 12.6. The second kappa shape index (κ2) is 15.9. The predicted molar refractivity (Wildman–Crippen MR) is 182 cm³/mol. The third kappa shape index (κ3) is 7.06. The smallest absolute Gasteiger partial charge is 0.313 e. The fourth-order valence-corrected chi connectivity index (χ4v) is 7.65. The molecule has 0 saturated carbocycles. The van der Waals surface area contributed by atoms with Crippen LogP contribution in [0.1, 0.15) is 56.6 Å². The van der Waals surface area contributed by atoms with E-state index in [2.05, 4.69) is 18.5 Å². The highest BCUT2D eigenvalue weighted by molar-refractivity contribution is 6.34. The van der Waals surface area contributed by atoms with Gasteiger partial charge in [-0.05, 0) is 56.2 Å². The Morgan fingerprint density at radius 1 is 1.10 bits per heavy atom. The van der Waals surface area contributed by atoms with E-state index in [4.69, 9.17) is 21.1 Å². The van der Waals surface area contributed by atoms with E-state index in [0.29, 0.717) is 54.8 Å². The van der Waals surface area contributed by atoms with Crippen LogP contribution in [0.2, 0.25) is 5.02 Å². The number of para-hydroxylation sites is 1. The molecule has 3 fully saturated rings. The van der Waals surface area contributed by atoms with E-state index >= 15 is 0 Å². The molecule has 0 aliphatic carbocycles. The van der Waals surface area contributed by atoms with Crippen molar-refractivity contribution in [2.24, 2.45) is 11.8 Å². The number of hydrogen-bond donors (Lipinski definition) is 2. The van der Waals surface area contributed by atoms with E-state index in [0.717, 1.165) is 0 Å². The first-order valence-corrected chi connectivity index (χ1v) is 17.0. The average Bonchev–Trinajstić information content (AvgIpc) is 3.74. The number of nitrogens with zero attached hydrogens (tertiary/aromatic N) is 2. The molecule has 0 aromatic heterocycles. The van der Waals surface area contributed by atoms with Crippen LogP contribution in [0.5, 0.6) is 0 Å². The summed E-state index contributed by atoms with van der Waals surface area (Å²) < 4.78 is 12.7. The standard InChI is InChI=1S/C37H44ClN3O7/c1-3-5-18-30(43)39-24-29(25-14-8-6-9-15-25)47-36(46)31-28-19-20-37(48-28)32(31)34(44)41(22-12-7-13-23-42)33(37)35(45)40(21-4-2)27-17-11-10-16-26(27)38/h3-4,6,8-11,14-17,28-29,31-33,42H,1-2,5,7,12-13,18-24H2,(H,39,43)/t28-,29+,31+,32+,33-,37+/m0/s1. The molecule has 2 N–H and O–H groups in total. The maximum atomic E-state index is 14.7. The molecule has 0 radical (unpaired) electrons. The van der Waals surface area contributed by atoms with E-state index in [1.807, 2.05) is 30.3 Å². The number of hydrogen-bond acceptors (Lipinski definition) is 7. The number of likely N-dealkylation sites (tertiary alicyclic amines) is 1. The number of rotatable bonds is 17. The Kier molecular flexibility index (Phi) is 11.7. The van der Waals surface area contributed by atoms with Crippen molar-refractivity contribution in [3.05, 3.63) is 90.5 Å². The first-order chi connectivity index (χ1) is 23.3. The maximum Gasteiger partial charge on any atom is 0.313 e. The van der Waals surface area contributed by atoms with Crippen molar-refractivity contribution in [2.45, 2.75) is 68.8 Å². The molecule has 1 spiro atoms. The zero-order chi connectivity index (χ0) is 34.3. The average molecular weight is 678 g/mol. The van der Waals surface area contributed by atoms with Crippen LogP contribution in [0.15, 0.2) is 79.9 Å². The van der Waals surface area contributed by atoms with E-state index < -0.39 is 41.7 Å². The molecule has 10 nitrogen and oxygen atoms in total. The predicted octanol–water partition coefficient (Wildman–Crippen LogP) is 4.76. The summed E-state index contributed by atoms with van der Waals surface area (Å²) in [7, 11) is 0. The van der Waals surface area contributed by atoms with Crippen molar-refractivity contribution >= 4 is 41.0 Å². The van der Waals surface area contributed by atoms with Crippen molar-refractivity contribution in [3.63, 3.8) is 0 Å². The minimum absolute atomic E-state index is 0.0263. The minimum atomic E-state index is -1.23. The summed E-state index contributed by atoms with van der Waals surface area (Å²) in [6, 6.07) is 15.1. The minimum Gasteiger partial charge on any atom is -0.455 e. The monoisotopic (exact) mass is 677 g/mol. The van der Waals surface area contributed by atoms with Crippen LogP contribution in [-0.4, -0.2) is 77.7 Å². The molecular formula is C37H44ClN3O7. The molecule has 3 aliphatic rings. The van der Waals surface area contributed by atoms with Gasteiger partial charge in [0, 0.05) is 26.1 Å². The summed E-state index contributed by atoms with van der Waals surface area (Å²) >= 11 is 6.56. The zero-order valence-electron chi connectivity index (χ0n) is 27.1. The summed E-state index contributed by atoms with van der Waals surface area (Å²) in [5.74, 6) is -3.34. The number of aliphatic hydroxyl groups is 1. The third-order valence-corrected chi connectivity index (χ3v) is 9.89. The molecule has 48 heavy (non-hydrogen) atoms. The highest BCUT2D eigenvalue weighted by Gasteiger charge is 2.75. The molecular weight excluding hydrogens is 634 g/mol. The highest BCUT2D eigenvalue weighted by Crippen LogP contribution is 2.59. The van der Waals surface area contributed by atoms with Crippen molar-refractivity contribution < 1.29 is 33.8 Å². The third-order valence-electron chi connectivity index (χ3n) is 9.57. The van der Waals surface area contributed by atoms with Crippen LogP contribution < -0.4 is 10.2 Å². The van der Waals surface area contributed by atoms with E-state index in [1.165, 1.54) is 4.90 Å². The Balaban J connectivity index is 1.45. The Labute approximate surface area is 286 Å². The molecule has 2 aromatic carbocycles. The van der Waals surface area contributed by atoms with Crippen LogP contribution in [0, 0.1) is 11.8 Å². The number of fused-ring (bicyclic) bond motifs is 1. The number of carbonyl (C=O) groups excluding carboxylic acids is 4. The highest BCUT2D eigenvalue weighted by atomic mass is 35.5. The van der Waals surface area contributed by atoms with Gasteiger partial charge in [-0.2, -0.15) is 0 Å². The van der Waals surface area contributed by atoms with Gasteiger partial charge >= 0.3 is 5.97 Å². The van der Waals surface area contributed by atoms with Crippen molar-refractivity contribution in [3.8, 4) is 0 Å². The molecule has 5 rings (SSSR count). The molecule has 3 saturated heterocycles. The van der Waals surface area contributed by atoms with E-state index in [9.17, 15) is 24.3 Å². The molecule has 256 valence electrons. The fourth-order valence-electron chi connectivity index (χ4n) is 7.41. The lowest BCUT2D eigenvalue weighted by Crippen LogP contribution is -2.56. The molecule has 2 bridgehead atoms. The summed E-state index contributed by atoms with van der Waals surface area (Å²) in [4.78, 5) is 58.8. The van der Waals surface area contributed by atoms with Crippen LogP contribution in [0.4, 0.5) is 5.69 Å². The van der Waals surface area contributed by atoms with Crippen LogP contribution in [0.3, 0.4) is 0 Å². The Morgan fingerprint density at radius 3 is 2.56 bits per heavy atom. The molecule has 6 atom stereocenters. The number of benzene rings is 2. The molecule has 0 unspecified atom stereocenters. The Bertz CT molecular complexity index is 1500. The summed E-state index contributed by atoms with van der Waals surface area (Å²) in [6.07, 6.45) is 5.33. The molecule has 3 amide bonds. The van der Waals surface area contributed by atoms with E-state index in [-0.39, 0.29) is 50.4 Å². The van der Waals surface area contributed by atoms with Gasteiger partial charge in [0.1, 0.15) is 17.7 Å². The number of carbonyl (C=O) groups is 4. The van der Waals surface area contributed by atoms with Gasteiger partial charge in [-0.25, -0.2) is 0 Å². The second-order valence-electron chi connectivity index (χ2n) is 12.5. The second-order valence-corrected chi connectivity index (χ2v) is 12.9. The number of amides is 3. The molecule has 11 heteroatoms. The number of anilines is 1. The number of allylic oxidation sites excluding steroid dienone is 1. The topological polar surface area (TPSA) is 125 Å². The Morgan fingerprint density at radius 2 is 1.85 bits per heavy atom. The molecule has 3 heterocycles. The summed E-state index contributed by atoms with van der Waals surface area (Å²) in [5.41, 5.74) is -0.0489. The van der Waals surface area contributed by atoms with Gasteiger partial charge in [0.15, 0.2) is 0 Å². The lowest BCUT2D eigenvalue weighted by atomic mass is 9.70. The van der Waals surface area contributed by atoms with Gasteiger partial charge < -0.3 is 29.7 Å². The Hall–Kier alpha value is -3.99. The van der Waals surface area contributed by atoms with Gasteiger partial charge in [0.25, 0.3) is 5.91 Å². The number of halogens is 1. The zero-order valence-corrected chi connectivity index (χ0v) is 27.9. The SMILES string of the molecule is C=CCCC(=O)NC[C@@H](OC(=O)[C@@H]1[C@@H]2CC[C@]3(O2)[C@H](C(=O)N(CC=C)c2ccccc2Cl)N(CCCCCO)C(=O)[C@@H]13)c1ccccc1. The van der Waals surface area contributed by atoms with Crippen molar-refractivity contribution in [2.75, 3.05) is 31.1 Å². The number of unbranched alkanes of at least 4 members (excludes halogenated alkanes) is 2.